The quantitative estimate of drug-likeness (QED) is 0.503. The molecular weight excluding hydrogens is 166 g/mol. The van der Waals surface area contributed by atoms with Crippen molar-refractivity contribution >= 4 is 5.91 Å². The molecule has 1 aliphatic rings. The van der Waals surface area contributed by atoms with Gasteiger partial charge in [0.05, 0.1) is 18.7 Å². The number of rotatable bonds is 2. The summed E-state index contributed by atoms with van der Waals surface area (Å²) in [5, 5.41) is 9.37. The van der Waals surface area contributed by atoms with Crippen LogP contribution in [0.5, 0.6) is 0 Å². The fourth-order valence-corrected chi connectivity index (χ4v) is 1.29. The van der Waals surface area contributed by atoms with Gasteiger partial charge in [-0.25, -0.2) is 0 Å². The number of hydrogen-bond acceptors (Lipinski definition) is 2. The lowest BCUT2D eigenvalue weighted by molar-refractivity contribution is -0.146. The SMILES string of the molecule is CC=CC=CC(=O)N1CC(C)(O)C1. The van der Waals surface area contributed by atoms with Gasteiger partial charge in [-0.3, -0.25) is 4.79 Å². The van der Waals surface area contributed by atoms with Gasteiger partial charge in [-0.15, -0.1) is 0 Å². The number of amides is 1. The monoisotopic (exact) mass is 181 g/mol. The Bertz CT molecular complexity index is 246. The van der Waals surface area contributed by atoms with Crippen molar-refractivity contribution in [2.45, 2.75) is 19.4 Å². The molecule has 3 nitrogen and oxygen atoms in total. The first-order valence-electron chi connectivity index (χ1n) is 4.36. The molecule has 0 saturated carbocycles. The van der Waals surface area contributed by atoms with E-state index in [-0.39, 0.29) is 5.91 Å². The second-order valence-corrected chi connectivity index (χ2v) is 3.58. The minimum Gasteiger partial charge on any atom is -0.386 e. The second kappa shape index (κ2) is 3.75. The van der Waals surface area contributed by atoms with E-state index in [2.05, 4.69) is 0 Å². The van der Waals surface area contributed by atoms with Crippen LogP contribution in [-0.4, -0.2) is 34.6 Å². The van der Waals surface area contributed by atoms with E-state index in [4.69, 9.17) is 0 Å². The first-order chi connectivity index (χ1) is 6.05. The largest absolute Gasteiger partial charge is 0.386 e. The van der Waals surface area contributed by atoms with Crippen LogP contribution in [0.25, 0.3) is 0 Å². The van der Waals surface area contributed by atoms with Gasteiger partial charge in [-0.05, 0) is 13.8 Å². The molecule has 3 heteroatoms. The molecule has 13 heavy (non-hydrogen) atoms. The molecule has 0 aromatic heterocycles. The van der Waals surface area contributed by atoms with Crippen LogP contribution in [0, 0.1) is 0 Å². The number of nitrogens with zero attached hydrogens (tertiary/aromatic N) is 1. The number of carbonyl (C=O) groups excluding carboxylic acids is 1. The van der Waals surface area contributed by atoms with E-state index < -0.39 is 5.60 Å². The molecule has 0 aromatic carbocycles. The Kier molecular flexibility index (Phi) is 2.88. The van der Waals surface area contributed by atoms with Crippen LogP contribution in [0.3, 0.4) is 0 Å². The summed E-state index contributed by atoms with van der Waals surface area (Å²) in [6.45, 7) is 4.49. The Morgan fingerprint density at radius 2 is 2.08 bits per heavy atom. The Morgan fingerprint density at radius 1 is 1.46 bits per heavy atom. The first-order valence-corrected chi connectivity index (χ1v) is 4.36. The molecule has 1 amide bonds. The summed E-state index contributed by atoms with van der Waals surface area (Å²) in [6, 6.07) is 0. The smallest absolute Gasteiger partial charge is 0.246 e. The van der Waals surface area contributed by atoms with Crippen molar-refractivity contribution < 1.29 is 9.90 Å². The molecule has 72 valence electrons. The summed E-state index contributed by atoms with van der Waals surface area (Å²) in [5.41, 5.74) is -0.676. The Hall–Kier alpha value is -1.09. The lowest BCUT2D eigenvalue weighted by Gasteiger charge is -2.43. The molecule has 1 fully saturated rings. The van der Waals surface area contributed by atoms with Crippen molar-refractivity contribution in [3.05, 3.63) is 24.3 Å². The van der Waals surface area contributed by atoms with Gasteiger partial charge in [0.15, 0.2) is 0 Å². The van der Waals surface area contributed by atoms with Gasteiger partial charge in [0.25, 0.3) is 0 Å². The number of carbonyl (C=O) groups is 1. The third-order valence-corrected chi connectivity index (χ3v) is 1.92. The maximum absolute atomic E-state index is 11.3. The Balaban J connectivity index is 2.35. The van der Waals surface area contributed by atoms with Gasteiger partial charge in [0, 0.05) is 6.08 Å². The van der Waals surface area contributed by atoms with Crippen molar-refractivity contribution in [3.63, 3.8) is 0 Å². The number of likely N-dealkylation sites (tertiary alicyclic amines) is 1. The molecule has 0 radical (unpaired) electrons. The third-order valence-electron chi connectivity index (χ3n) is 1.92. The molecule has 0 bridgehead atoms. The Labute approximate surface area is 78.4 Å². The highest BCUT2D eigenvalue weighted by Crippen LogP contribution is 2.19. The van der Waals surface area contributed by atoms with Crippen LogP contribution in [0.4, 0.5) is 0 Å². The zero-order chi connectivity index (χ0) is 9.90. The van der Waals surface area contributed by atoms with Crippen molar-refractivity contribution in [2.75, 3.05) is 13.1 Å². The van der Waals surface area contributed by atoms with Crippen LogP contribution in [0.1, 0.15) is 13.8 Å². The second-order valence-electron chi connectivity index (χ2n) is 3.58. The number of β-amino-alcohol motifs (C(OH)–C–C–N with tert-alkyl or cyclic N) is 1. The molecule has 1 heterocycles. The van der Waals surface area contributed by atoms with Crippen LogP contribution < -0.4 is 0 Å². The summed E-state index contributed by atoms with van der Waals surface area (Å²) in [7, 11) is 0. The highest BCUT2D eigenvalue weighted by Gasteiger charge is 2.38. The Morgan fingerprint density at radius 3 is 2.54 bits per heavy atom. The zero-order valence-corrected chi connectivity index (χ0v) is 8.03. The van der Waals surface area contributed by atoms with Gasteiger partial charge >= 0.3 is 0 Å². The zero-order valence-electron chi connectivity index (χ0n) is 8.03. The molecule has 0 aliphatic carbocycles. The molecule has 1 N–H and O–H groups in total. The molecule has 1 aliphatic heterocycles. The summed E-state index contributed by atoms with van der Waals surface area (Å²) >= 11 is 0. The lowest BCUT2D eigenvalue weighted by Crippen LogP contribution is -2.61. The summed E-state index contributed by atoms with van der Waals surface area (Å²) in [4.78, 5) is 12.9. The topological polar surface area (TPSA) is 40.5 Å². The highest BCUT2D eigenvalue weighted by atomic mass is 16.3. The van der Waals surface area contributed by atoms with Crippen molar-refractivity contribution in [2.24, 2.45) is 0 Å². The van der Waals surface area contributed by atoms with Crippen molar-refractivity contribution in [1.29, 1.82) is 0 Å². The number of aliphatic hydroxyl groups is 1. The van der Waals surface area contributed by atoms with E-state index in [1.165, 1.54) is 6.08 Å². The van der Waals surface area contributed by atoms with Gasteiger partial charge in [-0.2, -0.15) is 0 Å². The maximum atomic E-state index is 11.3. The standard InChI is InChI=1S/C10H15NO2/c1-3-4-5-6-9(12)11-7-10(2,13)8-11/h3-6,13H,7-8H2,1-2H3. The number of allylic oxidation sites excluding steroid dienone is 3. The lowest BCUT2D eigenvalue weighted by atomic mass is 9.97. The fraction of sp³-hybridized carbons (Fsp3) is 0.500. The van der Waals surface area contributed by atoms with Gasteiger partial charge in [-0.1, -0.05) is 18.2 Å². The molecule has 1 rings (SSSR count). The van der Waals surface area contributed by atoms with Gasteiger partial charge in [0.2, 0.25) is 5.91 Å². The number of hydrogen-bond donors (Lipinski definition) is 1. The van der Waals surface area contributed by atoms with Gasteiger partial charge < -0.3 is 10.0 Å². The minimum absolute atomic E-state index is 0.0374. The summed E-state index contributed by atoms with van der Waals surface area (Å²) < 4.78 is 0. The summed E-state index contributed by atoms with van der Waals surface area (Å²) in [6.07, 6.45) is 6.87. The average molecular weight is 181 g/mol. The van der Waals surface area contributed by atoms with Crippen LogP contribution in [0.2, 0.25) is 0 Å². The third kappa shape index (κ3) is 2.70. The van der Waals surface area contributed by atoms with Gasteiger partial charge in [0.1, 0.15) is 0 Å². The molecule has 0 atom stereocenters. The average Bonchev–Trinajstić information content (AvgIpc) is 2.00. The van der Waals surface area contributed by atoms with Crippen molar-refractivity contribution in [1.82, 2.24) is 4.90 Å². The normalized spacial score (nSPS) is 21.0. The van der Waals surface area contributed by atoms with Crippen LogP contribution in [-0.2, 0) is 4.79 Å². The minimum atomic E-state index is -0.676. The van der Waals surface area contributed by atoms with Crippen LogP contribution >= 0.6 is 0 Å². The first kappa shape index (κ1) is 9.99. The van der Waals surface area contributed by atoms with E-state index >= 15 is 0 Å². The van der Waals surface area contributed by atoms with E-state index in [0.717, 1.165) is 0 Å². The van der Waals surface area contributed by atoms with E-state index in [0.29, 0.717) is 13.1 Å². The highest BCUT2D eigenvalue weighted by molar-refractivity contribution is 5.88. The predicted molar refractivity (Wildman–Crippen MR) is 51.2 cm³/mol. The molecular formula is C10H15NO2. The van der Waals surface area contributed by atoms with E-state index in [1.54, 1.807) is 24.0 Å². The van der Waals surface area contributed by atoms with E-state index in [1.807, 2.05) is 13.0 Å². The maximum Gasteiger partial charge on any atom is 0.246 e. The molecule has 0 spiro atoms. The summed E-state index contributed by atoms with van der Waals surface area (Å²) in [5.74, 6) is -0.0374. The fourth-order valence-electron chi connectivity index (χ4n) is 1.29. The van der Waals surface area contributed by atoms with Crippen molar-refractivity contribution in [3.8, 4) is 0 Å². The molecule has 1 saturated heterocycles. The molecule has 0 unspecified atom stereocenters. The van der Waals surface area contributed by atoms with E-state index in [9.17, 15) is 9.90 Å². The van der Waals surface area contributed by atoms with Crippen LogP contribution in [0.15, 0.2) is 24.3 Å². The molecule has 0 aromatic rings. The predicted octanol–water partition coefficient (Wildman–Crippen LogP) is 0.712.